The molecule has 0 radical (unpaired) electrons. The van der Waals surface area contributed by atoms with Gasteiger partial charge in [-0.1, -0.05) is 12.1 Å². The second kappa shape index (κ2) is 7.51. The molecule has 2 saturated heterocycles. The number of benzene rings is 1. The minimum atomic E-state index is -0.445. The van der Waals surface area contributed by atoms with Crippen LogP contribution in [0.15, 0.2) is 28.7 Å². The largest absolute Gasteiger partial charge is 0.491 e. The Morgan fingerprint density at radius 2 is 1.96 bits per heavy atom. The average molecular weight is 385 g/mol. The van der Waals surface area contributed by atoms with Gasteiger partial charge in [0.2, 0.25) is 0 Å². The third-order valence-corrected chi connectivity index (χ3v) is 4.75. The van der Waals surface area contributed by atoms with Gasteiger partial charge in [-0.15, -0.1) is 0 Å². The molecule has 2 heterocycles. The number of rotatable bonds is 4. The smallest absolute Gasteiger partial charge is 0.317 e. The van der Waals surface area contributed by atoms with Crippen molar-refractivity contribution in [1.29, 1.82) is 0 Å². The summed E-state index contributed by atoms with van der Waals surface area (Å²) >= 11 is 3.42. The quantitative estimate of drug-likeness (QED) is 0.809. The maximum Gasteiger partial charge on any atom is 0.317 e. The monoisotopic (exact) mass is 384 g/mol. The Hall–Kier alpha value is -1.31. The van der Waals surface area contributed by atoms with E-state index >= 15 is 0 Å². The maximum absolute atomic E-state index is 12.1. The van der Waals surface area contributed by atoms with Gasteiger partial charge in [-0.2, -0.15) is 0 Å². The number of hydrogen-bond acceptors (Lipinski definition) is 4. The van der Waals surface area contributed by atoms with Crippen molar-refractivity contribution in [2.75, 3.05) is 39.5 Å². The number of carbonyl (C=O) groups is 1. The first-order valence-electron chi connectivity index (χ1n) is 7.87. The summed E-state index contributed by atoms with van der Waals surface area (Å²) in [4.78, 5) is 13.9. The van der Waals surface area contributed by atoms with E-state index in [2.05, 4.69) is 21.2 Å². The van der Waals surface area contributed by atoms with E-state index in [0.29, 0.717) is 39.5 Å². The lowest BCUT2D eigenvalue weighted by Gasteiger charge is -2.37. The molecule has 0 bridgehead atoms. The topological polar surface area (TPSA) is 60.0 Å². The first kappa shape index (κ1) is 16.5. The lowest BCUT2D eigenvalue weighted by molar-refractivity contribution is -0.181. The van der Waals surface area contributed by atoms with Gasteiger partial charge in [0, 0.05) is 25.9 Å². The second-order valence-corrected chi connectivity index (χ2v) is 6.46. The van der Waals surface area contributed by atoms with E-state index in [1.165, 1.54) is 0 Å². The van der Waals surface area contributed by atoms with Crippen LogP contribution < -0.4 is 10.1 Å². The second-order valence-electron chi connectivity index (χ2n) is 5.61. The van der Waals surface area contributed by atoms with Gasteiger partial charge < -0.3 is 24.4 Å². The Kier molecular flexibility index (Phi) is 5.40. The summed E-state index contributed by atoms with van der Waals surface area (Å²) in [5.41, 5.74) is 0. The highest BCUT2D eigenvalue weighted by atomic mass is 79.9. The molecule has 0 saturated carbocycles. The highest BCUT2D eigenvalue weighted by Gasteiger charge is 2.40. The number of nitrogens with zero attached hydrogens (tertiary/aromatic N) is 1. The van der Waals surface area contributed by atoms with Crippen LogP contribution in [0.5, 0.6) is 5.75 Å². The molecular weight excluding hydrogens is 364 g/mol. The molecule has 0 aliphatic carbocycles. The molecule has 1 N–H and O–H groups in total. The molecule has 2 amide bonds. The van der Waals surface area contributed by atoms with Crippen LogP contribution in [0.1, 0.15) is 12.8 Å². The zero-order chi connectivity index (χ0) is 16.1. The molecule has 6 nitrogen and oxygen atoms in total. The predicted molar refractivity (Wildman–Crippen MR) is 88.5 cm³/mol. The van der Waals surface area contributed by atoms with Crippen molar-refractivity contribution in [3.63, 3.8) is 0 Å². The van der Waals surface area contributed by atoms with Crippen molar-refractivity contribution in [2.24, 2.45) is 0 Å². The van der Waals surface area contributed by atoms with Gasteiger partial charge >= 0.3 is 6.03 Å². The number of amides is 2. The van der Waals surface area contributed by atoms with Crippen molar-refractivity contribution in [3.05, 3.63) is 28.7 Å². The van der Waals surface area contributed by atoms with E-state index in [9.17, 15) is 4.79 Å². The van der Waals surface area contributed by atoms with Crippen LogP contribution in [-0.2, 0) is 9.47 Å². The van der Waals surface area contributed by atoms with Gasteiger partial charge in [0.15, 0.2) is 5.79 Å². The van der Waals surface area contributed by atoms with E-state index in [1.54, 1.807) is 4.90 Å². The summed E-state index contributed by atoms with van der Waals surface area (Å²) in [6.07, 6.45) is 1.46. The van der Waals surface area contributed by atoms with E-state index in [0.717, 1.165) is 23.1 Å². The predicted octanol–water partition coefficient (Wildman–Crippen LogP) is 2.38. The molecule has 7 heteroatoms. The van der Waals surface area contributed by atoms with E-state index in [1.807, 2.05) is 24.3 Å². The molecule has 0 unspecified atom stereocenters. The van der Waals surface area contributed by atoms with Crippen LogP contribution in [0.3, 0.4) is 0 Å². The summed E-state index contributed by atoms with van der Waals surface area (Å²) in [6.45, 7) is 3.50. The molecule has 0 atom stereocenters. The van der Waals surface area contributed by atoms with Gasteiger partial charge in [0.05, 0.1) is 24.2 Å². The molecule has 2 fully saturated rings. The molecule has 1 aromatic rings. The van der Waals surface area contributed by atoms with Crippen molar-refractivity contribution >= 4 is 22.0 Å². The van der Waals surface area contributed by atoms with Gasteiger partial charge in [0.25, 0.3) is 0 Å². The maximum atomic E-state index is 12.1. The Bertz CT molecular complexity index is 539. The number of carbonyl (C=O) groups excluding carboxylic acids is 1. The standard InChI is InChI=1S/C16H21BrN2O4/c17-13-3-1-2-4-14(13)21-10-7-18-15(20)19-8-5-16(6-9-19)22-11-12-23-16/h1-4H,5-12H2,(H,18,20). The normalized spacial score (nSPS) is 19.8. The first-order valence-corrected chi connectivity index (χ1v) is 8.66. The van der Waals surface area contributed by atoms with Gasteiger partial charge in [-0.25, -0.2) is 4.79 Å². The summed E-state index contributed by atoms with van der Waals surface area (Å²) in [5, 5.41) is 2.89. The number of urea groups is 1. The molecule has 23 heavy (non-hydrogen) atoms. The molecule has 2 aliphatic heterocycles. The summed E-state index contributed by atoms with van der Waals surface area (Å²) in [6, 6.07) is 7.59. The van der Waals surface area contributed by atoms with Crippen LogP contribution in [0.25, 0.3) is 0 Å². The Morgan fingerprint density at radius 1 is 1.26 bits per heavy atom. The van der Waals surface area contributed by atoms with Gasteiger partial charge in [-0.05, 0) is 28.1 Å². The zero-order valence-corrected chi connectivity index (χ0v) is 14.5. The fourth-order valence-corrected chi connectivity index (χ4v) is 3.23. The molecular formula is C16H21BrN2O4. The van der Waals surface area contributed by atoms with Gasteiger partial charge in [0.1, 0.15) is 12.4 Å². The summed E-state index contributed by atoms with van der Waals surface area (Å²) < 4.78 is 17.9. The summed E-state index contributed by atoms with van der Waals surface area (Å²) in [7, 11) is 0. The number of ether oxygens (including phenoxy) is 3. The Balaban J connectivity index is 1.36. The number of piperidine rings is 1. The van der Waals surface area contributed by atoms with Crippen molar-refractivity contribution < 1.29 is 19.0 Å². The molecule has 2 aliphatic rings. The van der Waals surface area contributed by atoms with Crippen LogP contribution in [0.2, 0.25) is 0 Å². The van der Waals surface area contributed by atoms with Crippen LogP contribution in [-0.4, -0.2) is 56.2 Å². The zero-order valence-electron chi connectivity index (χ0n) is 12.9. The number of nitrogens with one attached hydrogen (secondary N) is 1. The lowest BCUT2D eigenvalue weighted by atomic mass is 10.0. The SMILES string of the molecule is O=C(NCCOc1ccccc1Br)N1CCC2(CC1)OCCO2. The third-order valence-electron chi connectivity index (χ3n) is 4.10. The number of likely N-dealkylation sites (tertiary alicyclic amines) is 1. The highest BCUT2D eigenvalue weighted by Crippen LogP contribution is 2.31. The molecule has 1 spiro atoms. The minimum Gasteiger partial charge on any atom is -0.491 e. The lowest BCUT2D eigenvalue weighted by Crippen LogP contribution is -2.50. The van der Waals surface area contributed by atoms with Crippen molar-refractivity contribution in [3.8, 4) is 5.75 Å². The molecule has 0 aromatic heterocycles. The van der Waals surface area contributed by atoms with Crippen LogP contribution >= 0.6 is 15.9 Å². The highest BCUT2D eigenvalue weighted by molar-refractivity contribution is 9.10. The van der Waals surface area contributed by atoms with Crippen LogP contribution in [0, 0.1) is 0 Å². The van der Waals surface area contributed by atoms with E-state index in [4.69, 9.17) is 14.2 Å². The first-order chi connectivity index (χ1) is 11.2. The van der Waals surface area contributed by atoms with Crippen LogP contribution in [0.4, 0.5) is 4.79 Å². The Labute approximate surface area is 144 Å². The molecule has 1 aromatic carbocycles. The fraction of sp³-hybridized carbons (Fsp3) is 0.562. The Morgan fingerprint density at radius 3 is 2.65 bits per heavy atom. The van der Waals surface area contributed by atoms with Crippen molar-refractivity contribution in [1.82, 2.24) is 10.2 Å². The molecule has 3 rings (SSSR count). The van der Waals surface area contributed by atoms with E-state index in [-0.39, 0.29) is 6.03 Å². The average Bonchev–Trinajstić information content (AvgIpc) is 3.02. The number of halogens is 1. The third kappa shape index (κ3) is 4.16. The number of para-hydroxylation sites is 1. The summed E-state index contributed by atoms with van der Waals surface area (Å²) in [5.74, 6) is 0.330. The minimum absolute atomic E-state index is 0.0615. The fourth-order valence-electron chi connectivity index (χ4n) is 2.83. The van der Waals surface area contributed by atoms with Crippen molar-refractivity contribution in [2.45, 2.75) is 18.6 Å². The van der Waals surface area contributed by atoms with E-state index < -0.39 is 5.79 Å². The molecule has 126 valence electrons. The van der Waals surface area contributed by atoms with Gasteiger partial charge in [-0.3, -0.25) is 0 Å². The number of hydrogen-bond donors (Lipinski definition) is 1.